The third-order valence-corrected chi connectivity index (χ3v) is 8.48. The zero-order valence-corrected chi connectivity index (χ0v) is 33.3. The summed E-state index contributed by atoms with van der Waals surface area (Å²) in [5.41, 5.74) is 0.649. The summed E-state index contributed by atoms with van der Waals surface area (Å²) < 4.78 is 86.1. The normalized spacial score (nSPS) is 28.2. The second-order valence-corrected chi connectivity index (χ2v) is 13.9. The predicted molar refractivity (Wildman–Crippen MR) is 179 cm³/mol. The van der Waals surface area contributed by atoms with Crippen molar-refractivity contribution in [3.05, 3.63) is 11.6 Å². The molecule has 0 spiro atoms. The van der Waals surface area contributed by atoms with Crippen molar-refractivity contribution in [3.63, 3.8) is 0 Å². The highest BCUT2D eigenvalue weighted by molar-refractivity contribution is 7.48. The number of ether oxygens (including phenoxy) is 10. The van der Waals surface area contributed by atoms with Gasteiger partial charge in [0.05, 0.1) is 6.61 Å². The Kier molecular flexibility index (Phi) is 18.5. The maximum absolute atomic E-state index is 14.8. The van der Waals surface area contributed by atoms with Gasteiger partial charge >= 0.3 is 55.6 Å². The molecule has 2 aliphatic rings. The molecule has 0 saturated carbocycles. The van der Waals surface area contributed by atoms with Gasteiger partial charge in [0.25, 0.3) is 0 Å². The van der Waals surface area contributed by atoms with E-state index < -0.39 is 137 Å². The molecule has 11 atom stereocenters. The first-order chi connectivity index (χ1) is 26.0. The van der Waals surface area contributed by atoms with E-state index >= 15 is 0 Å². The van der Waals surface area contributed by atoms with Crippen molar-refractivity contribution in [1.29, 1.82) is 0 Å². The first-order valence-corrected chi connectivity index (χ1v) is 18.3. The highest BCUT2D eigenvalue weighted by Crippen LogP contribution is 2.55. The predicted octanol–water partition coefficient (Wildman–Crippen LogP) is 1.28. The van der Waals surface area contributed by atoms with Gasteiger partial charge in [0.15, 0.2) is 36.6 Å². The first-order valence-electron chi connectivity index (χ1n) is 16.9. The van der Waals surface area contributed by atoms with E-state index in [0.29, 0.717) is 5.57 Å². The molecule has 1 unspecified atom stereocenters. The van der Waals surface area contributed by atoms with Crippen molar-refractivity contribution in [2.75, 3.05) is 19.8 Å². The van der Waals surface area contributed by atoms with Crippen LogP contribution in [0.2, 0.25) is 0 Å². The Hall–Kier alpha value is -4.47. The van der Waals surface area contributed by atoms with E-state index in [0.717, 1.165) is 55.4 Å². The van der Waals surface area contributed by atoms with Crippen LogP contribution in [-0.4, -0.2) is 129 Å². The molecule has 23 heteroatoms. The van der Waals surface area contributed by atoms with Gasteiger partial charge in [-0.15, -0.1) is 0 Å². The van der Waals surface area contributed by atoms with E-state index in [2.05, 4.69) is 0 Å². The Morgan fingerprint density at radius 2 is 0.768 bits per heavy atom. The van der Waals surface area contributed by atoms with Gasteiger partial charge in [-0.2, -0.15) is 0 Å². The van der Waals surface area contributed by atoms with Crippen molar-refractivity contribution in [3.8, 4) is 0 Å². The number of esters is 8. The Morgan fingerprint density at radius 1 is 0.464 bits per heavy atom. The van der Waals surface area contributed by atoms with Crippen molar-refractivity contribution >= 4 is 55.6 Å². The third kappa shape index (κ3) is 15.6. The van der Waals surface area contributed by atoms with E-state index in [-0.39, 0.29) is 0 Å². The van der Waals surface area contributed by atoms with Gasteiger partial charge in [0, 0.05) is 55.4 Å². The fraction of sp³-hybridized carbons (Fsp3) is 0.697. The van der Waals surface area contributed by atoms with Crippen LogP contribution in [0.4, 0.5) is 0 Å². The molecule has 0 aromatic heterocycles. The minimum Gasteiger partial charge on any atom is -0.463 e. The topological polar surface area (TPSA) is 274 Å². The number of hydrogen-bond acceptors (Lipinski definition) is 22. The summed E-state index contributed by atoms with van der Waals surface area (Å²) in [5.74, 6) is -7.49. The van der Waals surface area contributed by atoms with Crippen LogP contribution in [0.5, 0.6) is 0 Å². The average molecular weight is 827 g/mol. The summed E-state index contributed by atoms with van der Waals surface area (Å²) >= 11 is 0. The zero-order valence-electron chi connectivity index (χ0n) is 32.4. The van der Waals surface area contributed by atoms with Crippen LogP contribution in [0.25, 0.3) is 0 Å². The number of carbonyl (C=O) groups excluding carboxylic acids is 8. The van der Waals surface area contributed by atoms with Crippen LogP contribution in [0, 0.1) is 0 Å². The molecular weight excluding hydrogens is 779 g/mol. The lowest BCUT2D eigenvalue weighted by Gasteiger charge is -2.45. The second-order valence-electron chi connectivity index (χ2n) is 12.4. The molecule has 56 heavy (non-hydrogen) atoms. The molecule has 0 bridgehead atoms. The minimum atomic E-state index is -5.31. The standard InChI is InChI=1S/C33H47O22P/c1-15(2)11-12-45-56(42,54-32-30(50-22(9)40)28(48-20(7)38)26(46-18(5)36)24(52-32)13-43-16(3)34)55-33-31(51-23(10)41)29(49-21(8)39)27(47-19(6)37)25(53-33)14-44-17(4)35/h11,24-33H,12-14H2,1-10H3/t24-,25+,26-,27+,28+,29-,30+,31-,32-,33+,56?. The summed E-state index contributed by atoms with van der Waals surface area (Å²) in [6.07, 6.45) is -16.5. The Labute approximate surface area is 321 Å². The molecule has 2 aliphatic heterocycles. The second kappa shape index (κ2) is 21.7. The van der Waals surface area contributed by atoms with Gasteiger partial charge < -0.3 is 47.4 Å². The Balaban J connectivity index is 2.80. The molecule has 2 rings (SSSR count). The van der Waals surface area contributed by atoms with Gasteiger partial charge in [-0.1, -0.05) is 11.6 Å². The molecule has 0 radical (unpaired) electrons. The lowest BCUT2D eigenvalue weighted by molar-refractivity contribution is -0.304. The molecule has 0 aromatic rings. The largest absolute Gasteiger partial charge is 0.480 e. The van der Waals surface area contributed by atoms with Gasteiger partial charge in [0.2, 0.25) is 12.6 Å². The number of hydrogen-bond donors (Lipinski definition) is 0. The van der Waals surface area contributed by atoms with Gasteiger partial charge in [-0.05, 0) is 13.8 Å². The van der Waals surface area contributed by atoms with Crippen LogP contribution in [-0.2, 0) is 104 Å². The molecule has 0 N–H and O–H groups in total. The fourth-order valence-electron chi connectivity index (χ4n) is 5.18. The van der Waals surface area contributed by atoms with Gasteiger partial charge in [-0.25, -0.2) is 4.57 Å². The van der Waals surface area contributed by atoms with E-state index in [9.17, 15) is 42.9 Å². The summed E-state index contributed by atoms with van der Waals surface area (Å²) in [6.45, 7) is 9.41. The first kappa shape index (κ1) is 47.7. The number of carbonyl (C=O) groups is 8. The molecular formula is C33H47O22P. The molecule has 0 aromatic carbocycles. The van der Waals surface area contributed by atoms with Gasteiger partial charge in [0.1, 0.15) is 25.4 Å². The molecule has 0 amide bonds. The van der Waals surface area contributed by atoms with Crippen molar-refractivity contribution in [2.24, 2.45) is 0 Å². The van der Waals surface area contributed by atoms with E-state index in [1.165, 1.54) is 6.08 Å². The van der Waals surface area contributed by atoms with Crippen molar-refractivity contribution in [1.82, 2.24) is 0 Å². The van der Waals surface area contributed by atoms with Crippen LogP contribution in [0.3, 0.4) is 0 Å². The fourth-order valence-corrected chi connectivity index (χ4v) is 6.46. The highest BCUT2D eigenvalue weighted by atomic mass is 31.2. The number of allylic oxidation sites excluding steroid dienone is 1. The SMILES string of the molecule is CC(=O)OC[C@@H]1O[C@@H](OP(=O)(OCC=C(C)C)O[C@H]2O[C@H](COC(C)=O)[C@@H](OC(C)=O)[C@H](OC(C)=O)[C@@H]2OC(C)=O)[C@H](OC(C)=O)[C@H](OC(C)=O)[C@H]1OC(C)=O. The highest BCUT2D eigenvalue weighted by Gasteiger charge is 2.58. The van der Waals surface area contributed by atoms with E-state index in [1.807, 2.05) is 0 Å². The van der Waals surface area contributed by atoms with Crippen LogP contribution in [0.1, 0.15) is 69.2 Å². The van der Waals surface area contributed by atoms with E-state index in [4.69, 9.17) is 60.9 Å². The molecule has 0 aliphatic carbocycles. The quantitative estimate of drug-likeness (QED) is 0.0864. The van der Waals surface area contributed by atoms with Gasteiger partial charge in [-0.3, -0.25) is 51.9 Å². The lowest BCUT2D eigenvalue weighted by Crippen LogP contribution is -2.63. The molecule has 2 heterocycles. The maximum Gasteiger partial charge on any atom is 0.480 e. The van der Waals surface area contributed by atoms with Crippen molar-refractivity contribution in [2.45, 2.75) is 131 Å². The van der Waals surface area contributed by atoms with Crippen LogP contribution >= 0.6 is 7.82 Å². The third-order valence-electron chi connectivity index (χ3n) is 7.09. The summed E-state index contributed by atoms with van der Waals surface area (Å²) in [6, 6.07) is 0. The molecule has 2 fully saturated rings. The molecule has 316 valence electrons. The minimum absolute atomic E-state index is 0.518. The monoisotopic (exact) mass is 826 g/mol. The smallest absolute Gasteiger partial charge is 0.463 e. The molecule has 2 saturated heterocycles. The van der Waals surface area contributed by atoms with Crippen LogP contribution in [0.15, 0.2) is 11.6 Å². The maximum atomic E-state index is 14.8. The molecule has 22 nitrogen and oxygen atoms in total. The lowest BCUT2D eigenvalue weighted by atomic mass is 9.98. The van der Waals surface area contributed by atoms with E-state index in [1.54, 1.807) is 13.8 Å². The summed E-state index contributed by atoms with van der Waals surface area (Å²) in [4.78, 5) is 97.3. The zero-order chi connectivity index (χ0) is 42.5. The average Bonchev–Trinajstić information content (AvgIpc) is 3.03. The number of phosphoric ester groups is 1. The summed E-state index contributed by atoms with van der Waals surface area (Å²) in [7, 11) is -5.31. The Morgan fingerprint density at radius 3 is 1.05 bits per heavy atom. The van der Waals surface area contributed by atoms with Crippen LogP contribution < -0.4 is 0 Å². The van der Waals surface area contributed by atoms with Crippen molar-refractivity contribution < 1.29 is 104 Å². The summed E-state index contributed by atoms with van der Waals surface area (Å²) in [5, 5.41) is 0. The Bertz CT molecular complexity index is 1440. The number of rotatable bonds is 17. The number of phosphoric acid groups is 1.